The third-order valence-corrected chi connectivity index (χ3v) is 4.76. The summed E-state index contributed by atoms with van der Waals surface area (Å²) < 4.78 is 0. The van der Waals surface area contributed by atoms with Crippen LogP contribution in [0.5, 0.6) is 0 Å². The van der Waals surface area contributed by atoms with Gasteiger partial charge in [-0.05, 0) is 69.8 Å². The summed E-state index contributed by atoms with van der Waals surface area (Å²) in [6, 6.07) is 10.3. The van der Waals surface area contributed by atoms with Gasteiger partial charge < -0.3 is 10.2 Å². The van der Waals surface area contributed by atoms with Gasteiger partial charge in [0.05, 0.1) is 0 Å². The maximum absolute atomic E-state index is 3.95. The van der Waals surface area contributed by atoms with Crippen LogP contribution in [0.3, 0.4) is 0 Å². The summed E-state index contributed by atoms with van der Waals surface area (Å²) in [5, 5.41) is 3.95. The van der Waals surface area contributed by atoms with E-state index in [-0.39, 0.29) is 0 Å². The minimum atomic E-state index is 0.596. The Labute approximate surface area is 117 Å². The minimum Gasteiger partial charge on any atom is -0.307 e. The van der Waals surface area contributed by atoms with E-state index < -0.39 is 0 Å². The van der Waals surface area contributed by atoms with Crippen LogP contribution in [-0.4, -0.2) is 31.1 Å². The Balaban J connectivity index is 1.67. The lowest BCUT2D eigenvalue weighted by Gasteiger charge is -2.30. The van der Waals surface area contributed by atoms with Crippen molar-refractivity contribution in [2.75, 3.05) is 20.1 Å². The summed E-state index contributed by atoms with van der Waals surface area (Å²) in [5.41, 5.74) is 3.13. The topological polar surface area (TPSA) is 15.3 Å². The van der Waals surface area contributed by atoms with E-state index in [1.807, 2.05) is 0 Å². The van der Waals surface area contributed by atoms with Gasteiger partial charge in [-0.3, -0.25) is 0 Å². The van der Waals surface area contributed by atoms with Crippen LogP contribution in [0.1, 0.15) is 49.3 Å². The molecule has 1 aliphatic heterocycles. The molecule has 1 heterocycles. The average Bonchev–Trinajstić information content (AvgIpc) is 2.64. The van der Waals surface area contributed by atoms with Gasteiger partial charge in [-0.1, -0.05) is 24.3 Å². The number of rotatable bonds is 2. The molecule has 0 spiro atoms. The van der Waals surface area contributed by atoms with Crippen LogP contribution in [0.25, 0.3) is 0 Å². The molecule has 2 nitrogen and oxygen atoms in total. The second kappa shape index (κ2) is 6.06. The second-order valence-electron chi connectivity index (χ2n) is 6.24. The Hall–Kier alpha value is -0.860. The first kappa shape index (κ1) is 13.1. The highest BCUT2D eigenvalue weighted by atomic mass is 15.1. The van der Waals surface area contributed by atoms with Crippen LogP contribution in [0.15, 0.2) is 24.3 Å². The molecule has 2 heteroatoms. The van der Waals surface area contributed by atoms with Crippen LogP contribution in [-0.2, 0) is 6.42 Å². The maximum atomic E-state index is 3.95. The molecule has 104 valence electrons. The summed E-state index contributed by atoms with van der Waals surface area (Å²) in [7, 11) is 2.25. The van der Waals surface area contributed by atoms with Crippen molar-refractivity contribution in [3.05, 3.63) is 35.4 Å². The summed E-state index contributed by atoms with van der Waals surface area (Å²) in [6.45, 7) is 2.51. The second-order valence-corrected chi connectivity index (χ2v) is 6.24. The summed E-state index contributed by atoms with van der Waals surface area (Å²) in [6.07, 6.45) is 7.88. The minimum absolute atomic E-state index is 0.596. The largest absolute Gasteiger partial charge is 0.307 e. The fourth-order valence-corrected chi connectivity index (χ4v) is 3.62. The molecular weight excluding hydrogens is 232 g/mol. The molecule has 0 amide bonds. The molecule has 1 saturated heterocycles. The Kier molecular flexibility index (Phi) is 4.19. The van der Waals surface area contributed by atoms with Crippen molar-refractivity contribution >= 4 is 0 Å². The predicted octanol–water partition coefficient (Wildman–Crippen LogP) is 3.14. The van der Waals surface area contributed by atoms with E-state index in [2.05, 4.69) is 41.5 Å². The number of nitrogens with zero attached hydrogens (tertiary/aromatic N) is 1. The Morgan fingerprint density at radius 2 is 1.95 bits per heavy atom. The summed E-state index contributed by atoms with van der Waals surface area (Å²) in [5.74, 6) is 0. The number of aryl methyl sites for hydroxylation is 1. The van der Waals surface area contributed by atoms with Crippen molar-refractivity contribution < 1.29 is 0 Å². The predicted molar refractivity (Wildman–Crippen MR) is 80.4 cm³/mol. The summed E-state index contributed by atoms with van der Waals surface area (Å²) >= 11 is 0. The lowest BCUT2D eigenvalue weighted by molar-refractivity contribution is 0.333. The molecule has 1 aliphatic carbocycles. The van der Waals surface area contributed by atoms with Gasteiger partial charge in [0.1, 0.15) is 0 Å². The highest BCUT2D eigenvalue weighted by Crippen LogP contribution is 2.30. The number of nitrogens with one attached hydrogen (secondary N) is 1. The molecular formula is C17H26N2. The van der Waals surface area contributed by atoms with E-state index >= 15 is 0 Å². The van der Waals surface area contributed by atoms with Crippen LogP contribution >= 0.6 is 0 Å². The normalized spacial score (nSPS) is 28.7. The highest BCUT2D eigenvalue weighted by Gasteiger charge is 2.23. The smallest absolute Gasteiger partial charge is 0.0325 e. The molecule has 0 aromatic heterocycles. The molecule has 1 N–H and O–H groups in total. The van der Waals surface area contributed by atoms with Crippen molar-refractivity contribution in [2.24, 2.45) is 0 Å². The lowest BCUT2D eigenvalue weighted by Crippen LogP contribution is -2.35. The first-order valence-corrected chi connectivity index (χ1v) is 7.85. The SMILES string of the molecule is CN1CCCC(NC2CCCc3ccccc32)CC1. The monoisotopic (exact) mass is 258 g/mol. The molecule has 1 aromatic rings. The van der Waals surface area contributed by atoms with Gasteiger partial charge in [-0.15, -0.1) is 0 Å². The molecule has 2 atom stereocenters. The molecule has 2 aliphatic rings. The van der Waals surface area contributed by atoms with Crippen molar-refractivity contribution in [2.45, 2.75) is 50.6 Å². The molecule has 3 rings (SSSR count). The Morgan fingerprint density at radius 3 is 2.89 bits per heavy atom. The Morgan fingerprint density at radius 1 is 1.05 bits per heavy atom. The van der Waals surface area contributed by atoms with E-state index in [0.717, 1.165) is 0 Å². The third-order valence-electron chi connectivity index (χ3n) is 4.76. The number of fused-ring (bicyclic) bond motifs is 1. The third kappa shape index (κ3) is 3.18. The van der Waals surface area contributed by atoms with Gasteiger partial charge in [0.25, 0.3) is 0 Å². The van der Waals surface area contributed by atoms with Crippen LogP contribution in [0.4, 0.5) is 0 Å². The van der Waals surface area contributed by atoms with E-state index in [0.29, 0.717) is 12.1 Å². The van der Waals surface area contributed by atoms with Crippen molar-refractivity contribution in [3.8, 4) is 0 Å². The molecule has 2 unspecified atom stereocenters. The zero-order valence-corrected chi connectivity index (χ0v) is 12.1. The van der Waals surface area contributed by atoms with Crippen molar-refractivity contribution in [1.82, 2.24) is 10.2 Å². The van der Waals surface area contributed by atoms with Gasteiger partial charge in [-0.2, -0.15) is 0 Å². The molecule has 0 saturated carbocycles. The number of hydrogen-bond donors (Lipinski definition) is 1. The standard InChI is InChI=1S/C17H26N2/c1-19-12-5-8-15(11-13-19)18-17-10-4-7-14-6-2-3-9-16(14)17/h2-3,6,9,15,17-18H,4-5,7-8,10-13H2,1H3. The van der Waals surface area contributed by atoms with E-state index in [4.69, 9.17) is 0 Å². The maximum Gasteiger partial charge on any atom is 0.0325 e. The molecule has 19 heavy (non-hydrogen) atoms. The van der Waals surface area contributed by atoms with Gasteiger partial charge in [-0.25, -0.2) is 0 Å². The van der Waals surface area contributed by atoms with Crippen LogP contribution < -0.4 is 5.32 Å². The fraction of sp³-hybridized carbons (Fsp3) is 0.647. The van der Waals surface area contributed by atoms with Crippen LogP contribution in [0, 0.1) is 0 Å². The van der Waals surface area contributed by atoms with E-state index in [1.54, 1.807) is 11.1 Å². The van der Waals surface area contributed by atoms with Crippen LogP contribution in [0.2, 0.25) is 0 Å². The number of benzene rings is 1. The zero-order valence-electron chi connectivity index (χ0n) is 12.1. The molecule has 1 fully saturated rings. The summed E-state index contributed by atoms with van der Waals surface area (Å²) in [4.78, 5) is 2.47. The Bertz CT molecular complexity index is 415. The first-order chi connectivity index (χ1) is 9.33. The number of hydrogen-bond acceptors (Lipinski definition) is 2. The molecule has 0 radical (unpaired) electrons. The van der Waals surface area contributed by atoms with Crippen molar-refractivity contribution in [1.29, 1.82) is 0 Å². The van der Waals surface area contributed by atoms with Gasteiger partial charge in [0, 0.05) is 12.1 Å². The van der Waals surface area contributed by atoms with Gasteiger partial charge in [0.2, 0.25) is 0 Å². The molecule has 0 bridgehead atoms. The quantitative estimate of drug-likeness (QED) is 0.876. The van der Waals surface area contributed by atoms with E-state index in [9.17, 15) is 0 Å². The number of likely N-dealkylation sites (tertiary alicyclic amines) is 1. The van der Waals surface area contributed by atoms with E-state index in [1.165, 1.54) is 51.6 Å². The highest BCUT2D eigenvalue weighted by molar-refractivity contribution is 5.32. The zero-order chi connectivity index (χ0) is 13.1. The molecule has 1 aromatic carbocycles. The first-order valence-electron chi connectivity index (χ1n) is 7.85. The average molecular weight is 258 g/mol. The lowest BCUT2D eigenvalue weighted by atomic mass is 9.87. The van der Waals surface area contributed by atoms with Gasteiger partial charge >= 0.3 is 0 Å². The van der Waals surface area contributed by atoms with Crippen molar-refractivity contribution in [3.63, 3.8) is 0 Å². The fourth-order valence-electron chi connectivity index (χ4n) is 3.62. The van der Waals surface area contributed by atoms with Gasteiger partial charge in [0.15, 0.2) is 0 Å².